The van der Waals surface area contributed by atoms with Gasteiger partial charge in [0.25, 0.3) is 0 Å². The summed E-state index contributed by atoms with van der Waals surface area (Å²) in [4.78, 5) is 10.9. The highest BCUT2D eigenvalue weighted by Crippen LogP contribution is 2.48. The lowest BCUT2D eigenvalue weighted by Gasteiger charge is -2.24. The molecule has 1 aromatic rings. The third kappa shape index (κ3) is 4.39. The van der Waals surface area contributed by atoms with Gasteiger partial charge in [-0.1, -0.05) is 24.3 Å². The first kappa shape index (κ1) is 17.6. The lowest BCUT2D eigenvalue weighted by atomic mass is 9.88. The minimum absolute atomic E-state index is 0.123. The number of rotatable bonds is 5. The van der Waals surface area contributed by atoms with Gasteiger partial charge in [0.05, 0.1) is 6.42 Å². The quantitative estimate of drug-likeness (QED) is 0.777. The Balaban J connectivity index is 2.28. The molecule has 1 N–H and O–H groups in total. The van der Waals surface area contributed by atoms with Crippen molar-refractivity contribution in [3.63, 3.8) is 0 Å². The largest absolute Gasteiger partial charge is 0.481 e. The predicted octanol–water partition coefficient (Wildman–Crippen LogP) is 4.86. The molecule has 1 unspecified atom stereocenters. The molecule has 0 heterocycles. The van der Waals surface area contributed by atoms with Gasteiger partial charge in [0.15, 0.2) is 5.92 Å². The Kier molecular flexibility index (Phi) is 4.64. The van der Waals surface area contributed by atoms with E-state index < -0.39 is 29.8 Å². The molecule has 0 amide bonds. The maximum atomic E-state index is 12.7. The van der Waals surface area contributed by atoms with Crippen LogP contribution >= 0.6 is 0 Å². The molecule has 8 heteroatoms. The van der Waals surface area contributed by atoms with Crippen LogP contribution in [0.4, 0.5) is 26.3 Å². The first-order chi connectivity index (χ1) is 10.5. The highest BCUT2D eigenvalue weighted by Gasteiger charge is 2.57. The number of aliphatic carboxylic acids is 1. The van der Waals surface area contributed by atoms with Crippen LogP contribution in [0, 0.1) is 5.92 Å². The van der Waals surface area contributed by atoms with Gasteiger partial charge in [-0.2, -0.15) is 26.3 Å². The van der Waals surface area contributed by atoms with Crippen LogP contribution in [0.3, 0.4) is 0 Å². The van der Waals surface area contributed by atoms with Crippen molar-refractivity contribution < 1.29 is 36.2 Å². The maximum Gasteiger partial charge on any atom is 0.404 e. The third-order valence-corrected chi connectivity index (χ3v) is 3.94. The Bertz CT molecular complexity index is 543. The van der Waals surface area contributed by atoms with E-state index in [-0.39, 0.29) is 18.3 Å². The maximum absolute atomic E-state index is 12.7. The van der Waals surface area contributed by atoms with Crippen molar-refractivity contribution in [1.29, 1.82) is 0 Å². The summed E-state index contributed by atoms with van der Waals surface area (Å²) in [5.41, 5.74) is -0.430. The average molecular weight is 340 g/mol. The first-order valence-corrected chi connectivity index (χ1v) is 6.95. The summed E-state index contributed by atoms with van der Waals surface area (Å²) in [5, 5.41) is 8.88. The molecule has 0 spiro atoms. The second-order valence-corrected chi connectivity index (χ2v) is 5.72. The Morgan fingerprint density at radius 3 is 1.78 bits per heavy atom. The fraction of sp³-hybridized carbons (Fsp3) is 0.533. The normalized spacial score (nSPS) is 17.3. The number of benzene rings is 1. The van der Waals surface area contributed by atoms with Crippen LogP contribution in [0.1, 0.15) is 42.2 Å². The van der Waals surface area contributed by atoms with Crippen LogP contribution in [0.15, 0.2) is 24.3 Å². The van der Waals surface area contributed by atoms with Crippen LogP contribution in [-0.2, 0) is 4.79 Å². The second kappa shape index (κ2) is 6.05. The minimum atomic E-state index is -5.43. The van der Waals surface area contributed by atoms with Crippen molar-refractivity contribution in [1.82, 2.24) is 0 Å². The molecule has 0 radical (unpaired) electrons. The molecule has 2 rings (SSSR count). The van der Waals surface area contributed by atoms with Crippen LogP contribution < -0.4 is 0 Å². The van der Waals surface area contributed by atoms with Crippen LogP contribution in [0.25, 0.3) is 0 Å². The van der Waals surface area contributed by atoms with E-state index in [1.165, 1.54) is 12.1 Å². The zero-order chi connectivity index (χ0) is 17.4. The molecule has 0 saturated heterocycles. The first-order valence-electron chi connectivity index (χ1n) is 6.95. The molecule has 0 bridgehead atoms. The van der Waals surface area contributed by atoms with Gasteiger partial charge < -0.3 is 5.11 Å². The van der Waals surface area contributed by atoms with Gasteiger partial charge in [0.1, 0.15) is 0 Å². The van der Waals surface area contributed by atoms with E-state index in [0.29, 0.717) is 5.56 Å². The summed E-state index contributed by atoms with van der Waals surface area (Å²) >= 11 is 0. The van der Waals surface area contributed by atoms with Crippen molar-refractivity contribution in [2.45, 2.75) is 43.5 Å². The molecule has 2 nitrogen and oxygen atoms in total. The Hall–Kier alpha value is -1.73. The topological polar surface area (TPSA) is 37.3 Å². The van der Waals surface area contributed by atoms with E-state index in [9.17, 15) is 31.1 Å². The van der Waals surface area contributed by atoms with Gasteiger partial charge in [-0.25, -0.2) is 0 Å². The summed E-state index contributed by atoms with van der Waals surface area (Å²) in [5.74, 6) is -4.84. The van der Waals surface area contributed by atoms with E-state index in [0.717, 1.165) is 25.0 Å². The number of hydrogen-bond acceptors (Lipinski definition) is 1. The van der Waals surface area contributed by atoms with E-state index in [1.54, 1.807) is 0 Å². The molecule has 1 aromatic carbocycles. The SMILES string of the molecule is O=C(O)CC(c1ccc(C(C(F)(F)F)C(F)(F)F)cc1)C1CC1. The van der Waals surface area contributed by atoms with Crippen molar-refractivity contribution in [2.24, 2.45) is 5.92 Å². The van der Waals surface area contributed by atoms with E-state index >= 15 is 0 Å². The summed E-state index contributed by atoms with van der Waals surface area (Å²) in [6, 6.07) is 3.92. The molecule has 23 heavy (non-hydrogen) atoms. The zero-order valence-corrected chi connectivity index (χ0v) is 11.8. The Morgan fingerprint density at radius 1 is 1.00 bits per heavy atom. The summed E-state index contributed by atoms with van der Waals surface area (Å²) in [6.07, 6.45) is -9.43. The van der Waals surface area contributed by atoms with Crippen molar-refractivity contribution in [3.05, 3.63) is 35.4 Å². The molecule has 1 fully saturated rings. The Labute approximate surface area is 128 Å². The van der Waals surface area contributed by atoms with Gasteiger partial charge in [0, 0.05) is 0 Å². The molecular weight excluding hydrogens is 326 g/mol. The molecule has 1 saturated carbocycles. The van der Waals surface area contributed by atoms with Gasteiger partial charge in [-0.15, -0.1) is 0 Å². The standard InChI is InChI=1S/C15H14F6O2/c16-14(17,18)13(15(19,20)21)10-5-3-9(4-6-10)11(7-12(22)23)8-1-2-8/h3-6,8,11,13H,1-2,7H2,(H,22,23). The van der Waals surface area contributed by atoms with Crippen LogP contribution in [-0.4, -0.2) is 23.4 Å². The van der Waals surface area contributed by atoms with Gasteiger partial charge >= 0.3 is 18.3 Å². The van der Waals surface area contributed by atoms with Crippen LogP contribution in [0.5, 0.6) is 0 Å². The fourth-order valence-electron chi connectivity index (χ4n) is 2.74. The van der Waals surface area contributed by atoms with Gasteiger partial charge in [0.2, 0.25) is 0 Å². The molecule has 1 aliphatic carbocycles. The second-order valence-electron chi connectivity index (χ2n) is 5.72. The molecule has 1 aliphatic rings. The summed E-state index contributed by atoms with van der Waals surface area (Å²) in [7, 11) is 0. The summed E-state index contributed by atoms with van der Waals surface area (Å²) in [6.45, 7) is 0. The monoisotopic (exact) mass is 340 g/mol. The molecule has 128 valence electrons. The average Bonchev–Trinajstić information content (AvgIpc) is 3.17. The molecule has 1 atom stereocenters. The summed E-state index contributed by atoms with van der Waals surface area (Å²) < 4.78 is 76.0. The van der Waals surface area contributed by atoms with Crippen molar-refractivity contribution >= 4 is 5.97 Å². The highest BCUT2D eigenvalue weighted by atomic mass is 19.4. The smallest absolute Gasteiger partial charge is 0.404 e. The molecule has 0 aromatic heterocycles. The number of carbonyl (C=O) groups is 1. The van der Waals surface area contributed by atoms with Crippen molar-refractivity contribution in [3.8, 4) is 0 Å². The zero-order valence-electron chi connectivity index (χ0n) is 11.8. The minimum Gasteiger partial charge on any atom is -0.481 e. The molecular formula is C15H14F6O2. The Morgan fingerprint density at radius 2 is 1.43 bits per heavy atom. The lowest BCUT2D eigenvalue weighted by molar-refractivity contribution is -0.253. The van der Waals surface area contributed by atoms with Gasteiger partial charge in [-0.05, 0) is 35.8 Å². The highest BCUT2D eigenvalue weighted by molar-refractivity contribution is 5.68. The number of carboxylic acids is 1. The number of alkyl halides is 6. The third-order valence-electron chi connectivity index (χ3n) is 3.94. The van der Waals surface area contributed by atoms with Gasteiger partial charge in [-0.3, -0.25) is 4.79 Å². The number of halogens is 6. The van der Waals surface area contributed by atoms with E-state index in [2.05, 4.69) is 0 Å². The predicted molar refractivity (Wildman–Crippen MR) is 69.0 cm³/mol. The fourth-order valence-corrected chi connectivity index (χ4v) is 2.74. The molecule has 0 aliphatic heterocycles. The van der Waals surface area contributed by atoms with Crippen molar-refractivity contribution in [2.75, 3.05) is 0 Å². The van der Waals surface area contributed by atoms with E-state index in [1.807, 2.05) is 0 Å². The lowest BCUT2D eigenvalue weighted by Crippen LogP contribution is -2.34. The number of carboxylic acid groups (broad SMARTS) is 1. The number of hydrogen-bond donors (Lipinski definition) is 1. The van der Waals surface area contributed by atoms with Crippen LogP contribution in [0.2, 0.25) is 0 Å². The van der Waals surface area contributed by atoms with E-state index in [4.69, 9.17) is 5.11 Å².